The zero-order valence-corrected chi connectivity index (χ0v) is 14.4. The van der Waals surface area contributed by atoms with Crippen molar-refractivity contribution >= 4 is 29.5 Å². The molecule has 1 aliphatic rings. The molecule has 2 rings (SSSR count). The Morgan fingerprint density at radius 2 is 1.88 bits per heavy atom. The highest BCUT2D eigenvalue weighted by atomic mass is 32.2. The number of hydrogen-bond donors (Lipinski definition) is 1. The van der Waals surface area contributed by atoms with Crippen molar-refractivity contribution < 1.29 is 24.2 Å². The maximum absolute atomic E-state index is 11.5. The van der Waals surface area contributed by atoms with E-state index in [0.29, 0.717) is 25.1 Å². The summed E-state index contributed by atoms with van der Waals surface area (Å²) in [4.78, 5) is 36.7. The number of methoxy groups -OCH3 is 1. The van der Waals surface area contributed by atoms with Gasteiger partial charge in [-0.3, -0.25) is 19.3 Å². The number of carbonyl (C=O) groups excluding carboxylic acids is 2. The van der Waals surface area contributed by atoms with Crippen LogP contribution in [0.3, 0.4) is 0 Å². The Bertz CT molecular complexity index is 586. The van der Waals surface area contributed by atoms with Crippen molar-refractivity contribution in [2.45, 2.75) is 30.6 Å². The Morgan fingerprint density at radius 1 is 1.25 bits per heavy atom. The maximum Gasteiger partial charge on any atom is 0.307 e. The number of amides is 2. The summed E-state index contributed by atoms with van der Waals surface area (Å²) >= 11 is 1.48. The van der Waals surface area contributed by atoms with Crippen LogP contribution < -0.4 is 4.74 Å². The van der Waals surface area contributed by atoms with Gasteiger partial charge in [0.1, 0.15) is 5.75 Å². The summed E-state index contributed by atoms with van der Waals surface area (Å²) in [5, 5.41) is 9.35. The molecule has 1 atom stereocenters. The van der Waals surface area contributed by atoms with Crippen molar-refractivity contribution in [3.05, 3.63) is 24.3 Å². The average molecular weight is 351 g/mol. The van der Waals surface area contributed by atoms with Crippen LogP contribution in [-0.2, 0) is 14.4 Å². The first-order valence-corrected chi connectivity index (χ1v) is 8.82. The number of imide groups is 1. The third-order valence-electron chi connectivity index (χ3n) is 3.95. The number of thioether (sulfide) groups is 1. The number of nitrogens with zero attached hydrogens (tertiary/aromatic N) is 1. The number of carbonyl (C=O) groups is 3. The number of benzene rings is 1. The molecule has 1 aliphatic heterocycles. The number of ether oxygens (including phenoxy) is 1. The molecule has 0 spiro atoms. The molecule has 0 bridgehead atoms. The van der Waals surface area contributed by atoms with Gasteiger partial charge in [0.2, 0.25) is 11.8 Å². The third kappa shape index (κ3) is 4.99. The van der Waals surface area contributed by atoms with Gasteiger partial charge in [-0.2, -0.15) is 0 Å². The number of hydrogen-bond acceptors (Lipinski definition) is 5. The van der Waals surface area contributed by atoms with Crippen LogP contribution in [0, 0.1) is 5.92 Å². The summed E-state index contributed by atoms with van der Waals surface area (Å²) in [6, 6.07) is 7.46. The lowest BCUT2D eigenvalue weighted by atomic mass is 10.1. The van der Waals surface area contributed by atoms with Gasteiger partial charge < -0.3 is 9.84 Å². The van der Waals surface area contributed by atoms with Gasteiger partial charge in [-0.1, -0.05) is 0 Å². The van der Waals surface area contributed by atoms with E-state index in [1.165, 1.54) is 16.7 Å². The van der Waals surface area contributed by atoms with Gasteiger partial charge >= 0.3 is 5.97 Å². The Hall–Kier alpha value is -2.02. The summed E-state index contributed by atoms with van der Waals surface area (Å²) < 4.78 is 5.09. The minimum Gasteiger partial charge on any atom is -0.497 e. The molecule has 1 fully saturated rings. The first kappa shape index (κ1) is 18.3. The molecular weight excluding hydrogens is 330 g/mol. The van der Waals surface area contributed by atoms with Gasteiger partial charge in [0.15, 0.2) is 0 Å². The Kier molecular flexibility index (Phi) is 6.66. The first-order valence-electron chi connectivity index (χ1n) is 7.84. The van der Waals surface area contributed by atoms with Crippen LogP contribution in [0.4, 0.5) is 0 Å². The summed E-state index contributed by atoms with van der Waals surface area (Å²) in [5.41, 5.74) is 0. The predicted molar refractivity (Wildman–Crippen MR) is 90.0 cm³/mol. The molecule has 0 aromatic heterocycles. The fourth-order valence-electron chi connectivity index (χ4n) is 2.51. The molecule has 24 heavy (non-hydrogen) atoms. The van der Waals surface area contributed by atoms with E-state index in [1.54, 1.807) is 7.11 Å². The van der Waals surface area contributed by atoms with Crippen LogP contribution in [0.5, 0.6) is 5.75 Å². The molecule has 7 heteroatoms. The highest BCUT2D eigenvalue weighted by Crippen LogP contribution is 2.25. The Morgan fingerprint density at radius 3 is 2.42 bits per heavy atom. The number of carboxylic acid groups (broad SMARTS) is 1. The molecule has 0 radical (unpaired) electrons. The van der Waals surface area contributed by atoms with Crippen LogP contribution in [0.25, 0.3) is 0 Å². The van der Waals surface area contributed by atoms with Crippen LogP contribution in [0.1, 0.15) is 25.7 Å². The minimum absolute atomic E-state index is 0.153. The molecular formula is C17H21NO5S. The summed E-state index contributed by atoms with van der Waals surface area (Å²) in [5.74, 6) is -0.461. The molecule has 1 saturated heterocycles. The molecule has 130 valence electrons. The van der Waals surface area contributed by atoms with Crippen LogP contribution in [0.15, 0.2) is 29.2 Å². The molecule has 2 amide bonds. The first-order chi connectivity index (χ1) is 11.5. The monoisotopic (exact) mass is 351 g/mol. The SMILES string of the molecule is COc1ccc(SCC(CCCN2C(=O)CCC2=O)C(=O)O)cc1. The van der Waals surface area contributed by atoms with E-state index >= 15 is 0 Å². The van der Waals surface area contributed by atoms with Gasteiger partial charge in [0.25, 0.3) is 0 Å². The van der Waals surface area contributed by atoms with E-state index in [0.717, 1.165) is 10.6 Å². The largest absolute Gasteiger partial charge is 0.497 e. The van der Waals surface area contributed by atoms with Gasteiger partial charge in [0.05, 0.1) is 13.0 Å². The second-order valence-corrected chi connectivity index (χ2v) is 6.70. The fraction of sp³-hybridized carbons (Fsp3) is 0.471. The van der Waals surface area contributed by atoms with Gasteiger partial charge in [0, 0.05) is 30.0 Å². The molecule has 1 unspecified atom stereocenters. The van der Waals surface area contributed by atoms with Gasteiger partial charge in [-0.15, -0.1) is 11.8 Å². The lowest BCUT2D eigenvalue weighted by Crippen LogP contribution is -2.30. The van der Waals surface area contributed by atoms with Crippen molar-refractivity contribution in [3.8, 4) is 5.75 Å². The van der Waals surface area contributed by atoms with Gasteiger partial charge in [-0.05, 0) is 37.1 Å². The van der Waals surface area contributed by atoms with Crippen molar-refractivity contribution in [1.29, 1.82) is 0 Å². The van der Waals surface area contributed by atoms with Crippen LogP contribution >= 0.6 is 11.8 Å². The van der Waals surface area contributed by atoms with Crippen LogP contribution in [0.2, 0.25) is 0 Å². The highest BCUT2D eigenvalue weighted by Gasteiger charge is 2.28. The van der Waals surface area contributed by atoms with Crippen molar-refractivity contribution in [2.24, 2.45) is 5.92 Å². The van der Waals surface area contributed by atoms with Crippen molar-refractivity contribution in [1.82, 2.24) is 4.90 Å². The van der Waals surface area contributed by atoms with E-state index in [1.807, 2.05) is 24.3 Å². The topological polar surface area (TPSA) is 83.9 Å². The highest BCUT2D eigenvalue weighted by molar-refractivity contribution is 7.99. The second-order valence-electron chi connectivity index (χ2n) is 5.60. The maximum atomic E-state index is 11.5. The lowest BCUT2D eigenvalue weighted by Gasteiger charge is -2.16. The zero-order chi connectivity index (χ0) is 17.5. The lowest BCUT2D eigenvalue weighted by molar-refractivity contribution is -0.141. The minimum atomic E-state index is -0.852. The van der Waals surface area contributed by atoms with E-state index < -0.39 is 11.9 Å². The van der Waals surface area contributed by atoms with Crippen molar-refractivity contribution in [2.75, 3.05) is 19.4 Å². The molecule has 1 aromatic rings. The number of carboxylic acids is 1. The molecule has 1 heterocycles. The standard InChI is InChI=1S/C17H21NO5S/c1-23-13-4-6-14(7-5-13)24-11-12(17(21)22)3-2-10-18-15(19)8-9-16(18)20/h4-7,12H,2-3,8-11H2,1H3,(H,21,22). The zero-order valence-electron chi connectivity index (χ0n) is 13.6. The second kappa shape index (κ2) is 8.73. The normalized spacial score (nSPS) is 15.6. The summed E-state index contributed by atoms with van der Waals surface area (Å²) in [7, 11) is 1.60. The van der Waals surface area contributed by atoms with Gasteiger partial charge in [-0.25, -0.2) is 0 Å². The average Bonchev–Trinajstić information content (AvgIpc) is 2.89. The quantitative estimate of drug-likeness (QED) is 0.543. The van der Waals surface area contributed by atoms with E-state index in [2.05, 4.69) is 0 Å². The van der Waals surface area contributed by atoms with Crippen LogP contribution in [-0.4, -0.2) is 47.2 Å². The Balaban J connectivity index is 1.79. The molecule has 6 nitrogen and oxygen atoms in total. The Labute approximate surface area is 145 Å². The third-order valence-corrected chi connectivity index (χ3v) is 5.12. The number of likely N-dealkylation sites (tertiary alicyclic amines) is 1. The molecule has 0 aliphatic carbocycles. The fourth-order valence-corrected chi connectivity index (χ4v) is 3.55. The van der Waals surface area contributed by atoms with E-state index in [9.17, 15) is 19.5 Å². The summed E-state index contributed by atoms with van der Waals surface area (Å²) in [6.07, 6.45) is 1.50. The van der Waals surface area contributed by atoms with E-state index in [4.69, 9.17) is 4.74 Å². The predicted octanol–water partition coefficient (Wildman–Crippen LogP) is 2.42. The molecule has 1 aromatic carbocycles. The number of aliphatic carboxylic acids is 1. The molecule has 1 N–H and O–H groups in total. The smallest absolute Gasteiger partial charge is 0.307 e. The summed E-state index contributed by atoms with van der Waals surface area (Å²) in [6.45, 7) is 0.314. The van der Waals surface area contributed by atoms with E-state index in [-0.39, 0.29) is 24.7 Å². The molecule has 0 saturated carbocycles. The van der Waals surface area contributed by atoms with Crippen molar-refractivity contribution in [3.63, 3.8) is 0 Å². The number of rotatable bonds is 9.